The summed E-state index contributed by atoms with van der Waals surface area (Å²) >= 11 is 0. The molecular formula is C17H27N3. The largest absolute Gasteiger partial charge is 0.372 e. The molecule has 2 aliphatic rings. The molecular weight excluding hydrogens is 246 g/mol. The molecule has 0 aromatic heterocycles. The maximum absolute atomic E-state index is 3.61. The number of hydrogen-bond donors (Lipinski definition) is 1. The van der Waals surface area contributed by atoms with Gasteiger partial charge < -0.3 is 10.2 Å². The zero-order chi connectivity index (χ0) is 13.9. The number of hydrogen-bond acceptors (Lipinski definition) is 3. The van der Waals surface area contributed by atoms with E-state index in [2.05, 4.69) is 47.2 Å². The standard InChI is InChI=1S/C17H27N3/c1-3-19(4-2)15-7-8-16-14(11-15)12-18-13-17(16)20-9-5-6-10-20/h7-8,11,17-18H,3-6,9-10,12-13H2,1-2H3/t17-/m0/s1. The van der Waals surface area contributed by atoms with Crippen molar-refractivity contribution in [3.05, 3.63) is 29.3 Å². The minimum absolute atomic E-state index is 0.590. The fourth-order valence-electron chi connectivity index (χ4n) is 3.69. The van der Waals surface area contributed by atoms with Crippen LogP contribution in [0.4, 0.5) is 5.69 Å². The van der Waals surface area contributed by atoms with E-state index in [1.807, 2.05) is 0 Å². The van der Waals surface area contributed by atoms with Crippen LogP contribution in [0.1, 0.15) is 43.9 Å². The van der Waals surface area contributed by atoms with Crippen molar-refractivity contribution in [1.82, 2.24) is 10.2 Å². The van der Waals surface area contributed by atoms with Crippen molar-refractivity contribution in [2.24, 2.45) is 0 Å². The highest BCUT2D eigenvalue weighted by Gasteiger charge is 2.27. The van der Waals surface area contributed by atoms with Gasteiger partial charge in [-0.05, 0) is 63.0 Å². The first kappa shape index (κ1) is 13.9. The molecule has 3 nitrogen and oxygen atoms in total. The third-order valence-electron chi connectivity index (χ3n) is 4.85. The summed E-state index contributed by atoms with van der Waals surface area (Å²) in [4.78, 5) is 5.09. The smallest absolute Gasteiger partial charge is 0.0476 e. The molecule has 0 radical (unpaired) electrons. The molecule has 0 amide bonds. The molecule has 0 spiro atoms. The lowest BCUT2D eigenvalue weighted by atomic mass is 9.95. The first-order valence-electron chi connectivity index (χ1n) is 8.16. The van der Waals surface area contributed by atoms with Crippen molar-refractivity contribution in [3.8, 4) is 0 Å². The van der Waals surface area contributed by atoms with E-state index in [4.69, 9.17) is 0 Å². The number of anilines is 1. The molecule has 2 heterocycles. The topological polar surface area (TPSA) is 18.5 Å². The van der Waals surface area contributed by atoms with Crippen LogP contribution >= 0.6 is 0 Å². The second kappa shape index (κ2) is 6.15. The fourth-order valence-corrected chi connectivity index (χ4v) is 3.69. The highest BCUT2D eigenvalue weighted by molar-refractivity contribution is 5.52. The van der Waals surface area contributed by atoms with E-state index in [-0.39, 0.29) is 0 Å². The predicted octanol–water partition coefficient (Wildman–Crippen LogP) is 2.77. The summed E-state index contributed by atoms with van der Waals surface area (Å²) in [6.07, 6.45) is 2.73. The normalized spacial score (nSPS) is 22.8. The molecule has 20 heavy (non-hydrogen) atoms. The first-order valence-corrected chi connectivity index (χ1v) is 8.16. The van der Waals surface area contributed by atoms with E-state index in [0.717, 1.165) is 26.2 Å². The molecule has 3 heteroatoms. The van der Waals surface area contributed by atoms with Crippen molar-refractivity contribution in [2.75, 3.05) is 37.6 Å². The summed E-state index contributed by atoms with van der Waals surface area (Å²) in [6.45, 7) is 11.3. The summed E-state index contributed by atoms with van der Waals surface area (Å²) in [5, 5.41) is 3.61. The first-order chi connectivity index (χ1) is 9.83. The predicted molar refractivity (Wildman–Crippen MR) is 85.3 cm³/mol. The van der Waals surface area contributed by atoms with E-state index in [9.17, 15) is 0 Å². The minimum atomic E-state index is 0.590. The number of rotatable bonds is 4. The lowest BCUT2D eigenvalue weighted by Gasteiger charge is -2.34. The molecule has 0 unspecified atom stereocenters. The molecule has 1 aromatic rings. The maximum Gasteiger partial charge on any atom is 0.0476 e. The summed E-state index contributed by atoms with van der Waals surface area (Å²) in [5.74, 6) is 0. The molecule has 1 atom stereocenters. The van der Waals surface area contributed by atoms with Crippen molar-refractivity contribution in [3.63, 3.8) is 0 Å². The molecule has 0 aliphatic carbocycles. The Balaban J connectivity index is 1.87. The van der Waals surface area contributed by atoms with Crippen LogP contribution in [0, 0.1) is 0 Å². The van der Waals surface area contributed by atoms with Gasteiger partial charge in [-0.3, -0.25) is 4.90 Å². The van der Waals surface area contributed by atoms with Crippen LogP contribution in [0.3, 0.4) is 0 Å². The van der Waals surface area contributed by atoms with Crippen LogP contribution in [0.2, 0.25) is 0 Å². The maximum atomic E-state index is 3.61. The molecule has 2 aliphatic heterocycles. The second-order valence-electron chi connectivity index (χ2n) is 5.95. The number of likely N-dealkylation sites (tertiary alicyclic amines) is 1. The van der Waals surface area contributed by atoms with E-state index in [1.54, 1.807) is 5.56 Å². The Kier molecular flexibility index (Phi) is 4.27. The number of fused-ring (bicyclic) bond motifs is 1. The van der Waals surface area contributed by atoms with Crippen LogP contribution < -0.4 is 10.2 Å². The van der Waals surface area contributed by atoms with Gasteiger partial charge in [0, 0.05) is 37.9 Å². The quantitative estimate of drug-likeness (QED) is 0.910. The van der Waals surface area contributed by atoms with Crippen molar-refractivity contribution >= 4 is 5.69 Å². The number of nitrogens with one attached hydrogen (secondary N) is 1. The zero-order valence-electron chi connectivity index (χ0n) is 12.9. The zero-order valence-corrected chi connectivity index (χ0v) is 12.9. The Morgan fingerprint density at radius 1 is 1.20 bits per heavy atom. The van der Waals surface area contributed by atoms with Crippen LogP contribution in [0.5, 0.6) is 0 Å². The highest BCUT2D eigenvalue weighted by Crippen LogP contribution is 2.32. The molecule has 1 N–H and O–H groups in total. The number of benzene rings is 1. The van der Waals surface area contributed by atoms with Gasteiger partial charge in [-0.25, -0.2) is 0 Å². The molecule has 1 aromatic carbocycles. The summed E-state index contributed by atoms with van der Waals surface area (Å²) in [6, 6.07) is 7.69. The van der Waals surface area contributed by atoms with Crippen LogP contribution in [0.25, 0.3) is 0 Å². The van der Waals surface area contributed by atoms with Crippen LogP contribution in [0.15, 0.2) is 18.2 Å². The monoisotopic (exact) mass is 273 g/mol. The Labute approximate surface area is 123 Å². The van der Waals surface area contributed by atoms with Gasteiger partial charge in [-0.2, -0.15) is 0 Å². The summed E-state index contributed by atoms with van der Waals surface area (Å²) in [7, 11) is 0. The second-order valence-corrected chi connectivity index (χ2v) is 5.95. The SMILES string of the molecule is CCN(CC)c1ccc2c(c1)CNC[C@@H]2N1CCCC1. The molecule has 0 saturated carbocycles. The Morgan fingerprint density at radius 2 is 1.95 bits per heavy atom. The third kappa shape index (κ3) is 2.57. The van der Waals surface area contributed by atoms with Gasteiger partial charge in [0.2, 0.25) is 0 Å². The van der Waals surface area contributed by atoms with E-state index in [0.29, 0.717) is 6.04 Å². The van der Waals surface area contributed by atoms with Crippen molar-refractivity contribution in [1.29, 1.82) is 0 Å². The molecule has 110 valence electrons. The molecule has 0 bridgehead atoms. The van der Waals surface area contributed by atoms with Crippen molar-refractivity contribution < 1.29 is 0 Å². The average molecular weight is 273 g/mol. The average Bonchev–Trinajstić information content (AvgIpc) is 3.02. The Hall–Kier alpha value is -1.06. The van der Waals surface area contributed by atoms with E-state index in [1.165, 1.54) is 37.2 Å². The van der Waals surface area contributed by atoms with Gasteiger partial charge in [0.05, 0.1) is 0 Å². The Morgan fingerprint density at radius 3 is 2.65 bits per heavy atom. The van der Waals surface area contributed by atoms with E-state index < -0.39 is 0 Å². The van der Waals surface area contributed by atoms with Gasteiger partial charge in [0.1, 0.15) is 0 Å². The van der Waals surface area contributed by atoms with Gasteiger partial charge in [0.15, 0.2) is 0 Å². The lowest BCUT2D eigenvalue weighted by Crippen LogP contribution is -2.38. The van der Waals surface area contributed by atoms with Gasteiger partial charge >= 0.3 is 0 Å². The Bertz CT molecular complexity index is 448. The van der Waals surface area contributed by atoms with Gasteiger partial charge in [-0.15, -0.1) is 0 Å². The summed E-state index contributed by atoms with van der Waals surface area (Å²) < 4.78 is 0. The number of nitrogens with zero attached hydrogens (tertiary/aromatic N) is 2. The lowest BCUT2D eigenvalue weighted by molar-refractivity contribution is 0.229. The van der Waals surface area contributed by atoms with Crippen molar-refractivity contribution in [2.45, 2.75) is 39.3 Å². The highest BCUT2D eigenvalue weighted by atomic mass is 15.2. The van der Waals surface area contributed by atoms with Crippen LogP contribution in [-0.4, -0.2) is 37.6 Å². The van der Waals surface area contributed by atoms with Gasteiger partial charge in [0.25, 0.3) is 0 Å². The molecule has 1 fully saturated rings. The minimum Gasteiger partial charge on any atom is -0.372 e. The molecule has 3 rings (SSSR count). The van der Waals surface area contributed by atoms with Crippen LogP contribution in [-0.2, 0) is 6.54 Å². The van der Waals surface area contributed by atoms with Gasteiger partial charge in [-0.1, -0.05) is 6.07 Å². The molecule has 1 saturated heterocycles. The third-order valence-corrected chi connectivity index (χ3v) is 4.85. The van der Waals surface area contributed by atoms with E-state index >= 15 is 0 Å². The fraction of sp³-hybridized carbons (Fsp3) is 0.647. The summed E-state index contributed by atoms with van der Waals surface area (Å²) in [5.41, 5.74) is 4.43.